The van der Waals surface area contributed by atoms with E-state index in [9.17, 15) is 9.90 Å². The Kier molecular flexibility index (Phi) is 2.60. The van der Waals surface area contributed by atoms with Crippen LogP contribution in [0.2, 0.25) is 0 Å². The van der Waals surface area contributed by atoms with Gasteiger partial charge in [0, 0.05) is 16.5 Å². The summed E-state index contributed by atoms with van der Waals surface area (Å²) < 4.78 is 0. The van der Waals surface area contributed by atoms with E-state index in [2.05, 4.69) is 20.5 Å². The highest BCUT2D eigenvalue weighted by atomic mass is 16.3. The maximum atomic E-state index is 11.1. The Morgan fingerprint density at radius 3 is 2.74 bits per heavy atom. The first-order valence-electron chi connectivity index (χ1n) is 5.63. The number of rotatable bonds is 2. The number of hydrogen-bond acceptors (Lipinski definition) is 5. The second-order valence-electron chi connectivity index (χ2n) is 3.98. The van der Waals surface area contributed by atoms with Crippen molar-refractivity contribution >= 4 is 22.3 Å². The molecular formula is C13H10N4O2. The maximum Gasteiger partial charge on any atom is 0.363 e. The summed E-state index contributed by atoms with van der Waals surface area (Å²) in [7, 11) is 0. The molecule has 1 heterocycles. The van der Waals surface area contributed by atoms with Crippen molar-refractivity contribution in [3.63, 3.8) is 0 Å². The van der Waals surface area contributed by atoms with Gasteiger partial charge in [0.2, 0.25) is 0 Å². The second kappa shape index (κ2) is 4.41. The SMILES string of the molecule is O=c1nc(Nc2cccc3c(O)cccc23)cn[nH]1. The van der Waals surface area contributed by atoms with E-state index in [0.717, 1.165) is 16.5 Å². The molecule has 0 unspecified atom stereocenters. The number of fused-ring (bicyclic) bond motifs is 1. The van der Waals surface area contributed by atoms with E-state index < -0.39 is 5.69 Å². The first kappa shape index (κ1) is 11.2. The first-order valence-corrected chi connectivity index (χ1v) is 5.63. The Hall–Kier alpha value is -2.89. The van der Waals surface area contributed by atoms with Gasteiger partial charge in [-0.25, -0.2) is 9.89 Å². The molecule has 0 aliphatic carbocycles. The van der Waals surface area contributed by atoms with Crippen molar-refractivity contribution in [1.29, 1.82) is 0 Å². The lowest BCUT2D eigenvalue weighted by Gasteiger charge is -2.09. The Bertz CT molecular complexity index is 798. The zero-order valence-electron chi connectivity index (χ0n) is 9.79. The van der Waals surface area contributed by atoms with Crippen molar-refractivity contribution in [2.45, 2.75) is 0 Å². The molecular weight excluding hydrogens is 244 g/mol. The predicted octanol–water partition coefficient (Wildman–Crippen LogP) is 1.77. The van der Waals surface area contributed by atoms with Gasteiger partial charge in [-0.2, -0.15) is 10.1 Å². The van der Waals surface area contributed by atoms with Crippen LogP contribution in [0.3, 0.4) is 0 Å². The lowest BCUT2D eigenvalue weighted by molar-refractivity contribution is 0.481. The lowest BCUT2D eigenvalue weighted by atomic mass is 10.1. The van der Waals surface area contributed by atoms with Crippen molar-refractivity contribution in [2.75, 3.05) is 5.32 Å². The van der Waals surface area contributed by atoms with E-state index >= 15 is 0 Å². The van der Waals surface area contributed by atoms with E-state index in [0.29, 0.717) is 5.82 Å². The predicted molar refractivity (Wildman–Crippen MR) is 71.5 cm³/mol. The third-order valence-electron chi connectivity index (χ3n) is 2.73. The molecule has 0 saturated heterocycles. The smallest absolute Gasteiger partial charge is 0.363 e. The third-order valence-corrected chi connectivity index (χ3v) is 2.73. The number of phenolic OH excluding ortho intramolecular Hbond substituents is 1. The molecule has 2 aromatic carbocycles. The summed E-state index contributed by atoms with van der Waals surface area (Å²) in [4.78, 5) is 14.8. The number of anilines is 2. The van der Waals surface area contributed by atoms with Crippen molar-refractivity contribution < 1.29 is 5.11 Å². The van der Waals surface area contributed by atoms with E-state index in [4.69, 9.17) is 0 Å². The molecule has 0 amide bonds. The van der Waals surface area contributed by atoms with Gasteiger partial charge in [-0.05, 0) is 12.1 Å². The highest BCUT2D eigenvalue weighted by molar-refractivity contribution is 5.98. The Balaban J connectivity index is 2.11. The number of aromatic nitrogens is 3. The Morgan fingerprint density at radius 1 is 1.11 bits per heavy atom. The van der Waals surface area contributed by atoms with Crippen LogP contribution in [0.4, 0.5) is 11.5 Å². The minimum absolute atomic E-state index is 0.207. The van der Waals surface area contributed by atoms with Crippen LogP contribution < -0.4 is 11.0 Å². The minimum atomic E-state index is -0.520. The second-order valence-corrected chi connectivity index (χ2v) is 3.98. The monoisotopic (exact) mass is 254 g/mol. The van der Waals surface area contributed by atoms with E-state index in [-0.39, 0.29) is 5.75 Å². The van der Waals surface area contributed by atoms with Crippen LogP contribution >= 0.6 is 0 Å². The van der Waals surface area contributed by atoms with Crippen LogP contribution in [0.1, 0.15) is 0 Å². The van der Waals surface area contributed by atoms with Crippen LogP contribution in [0.15, 0.2) is 47.4 Å². The minimum Gasteiger partial charge on any atom is -0.507 e. The van der Waals surface area contributed by atoms with Gasteiger partial charge >= 0.3 is 5.69 Å². The average Bonchev–Trinajstić information content (AvgIpc) is 2.40. The molecule has 0 bridgehead atoms. The van der Waals surface area contributed by atoms with Crippen LogP contribution in [-0.4, -0.2) is 20.3 Å². The van der Waals surface area contributed by atoms with E-state index in [1.165, 1.54) is 6.20 Å². The third kappa shape index (κ3) is 2.11. The molecule has 94 valence electrons. The highest BCUT2D eigenvalue weighted by Crippen LogP contribution is 2.30. The number of phenols is 1. The lowest BCUT2D eigenvalue weighted by Crippen LogP contribution is -2.13. The quantitative estimate of drug-likeness (QED) is 0.648. The fraction of sp³-hybridized carbons (Fsp3) is 0. The van der Waals surface area contributed by atoms with Crippen molar-refractivity contribution in [1.82, 2.24) is 15.2 Å². The molecule has 3 aromatic rings. The van der Waals surface area contributed by atoms with E-state index in [1.807, 2.05) is 24.3 Å². The first-order chi connectivity index (χ1) is 9.24. The normalized spacial score (nSPS) is 10.5. The number of nitrogens with one attached hydrogen (secondary N) is 2. The average molecular weight is 254 g/mol. The number of H-pyrrole nitrogens is 1. The number of nitrogens with zero attached hydrogens (tertiary/aromatic N) is 2. The fourth-order valence-electron chi connectivity index (χ4n) is 1.91. The zero-order chi connectivity index (χ0) is 13.2. The van der Waals surface area contributed by atoms with Crippen molar-refractivity contribution in [2.24, 2.45) is 0 Å². The van der Waals surface area contributed by atoms with Gasteiger partial charge in [0.25, 0.3) is 0 Å². The summed E-state index contributed by atoms with van der Waals surface area (Å²) >= 11 is 0. The van der Waals surface area contributed by atoms with Gasteiger partial charge in [-0.1, -0.05) is 24.3 Å². The van der Waals surface area contributed by atoms with Gasteiger partial charge in [0.1, 0.15) is 5.75 Å². The molecule has 19 heavy (non-hydrogen) atoms. The van der Waals surface area contributed by atoms with Crippen LogP contribution in [0, 0.1) is 0 Å². The van der Waals surface area contributed by atoms with Gasteiger partial charge in [-0.3, -0.25) is 0 Å². The molecule has 1 aromatic heterocycles. The molecule has 6 nitrogen and oxygen atoms in total. The van der Waals surface area contributed by atoms with Crippen LogP contribution in [0.5, 0.6) is 5.75 Å². The number of hydrogen-bond donors (Lipinski definition) is 3. The summed E-state index contributed by atoms with van der Waals surface area (Å²) in [6, 6.07) is 10.7. The molecule has 0 aliphatic heterocycles. The Labute approximate surface area is 107 Å². The van der Waals surface area contributed by atoms with Crippen LogP contribution in [0.25, 0.3) is 10.8 Å². The molecule has 0 aliphatic rings. The topological polar surface area (TPSA) is 90.9 Å². The summed E-state index contributed by atoms with van der Waals surface area (Å²) in [5.74, 6) is 0.553. The molecule has 0 fully saturated rings. The van der Waals surface area contributed by atoms with Crippen molar-refractivity contribution in [3.05, 3.63) is 53.1 Å². The van der Waals surface area contributed by atoms with Gasteiger partial charge < -0.3 is 10.4 Å². The van der Waals surface area contributed by atoms with Crippen LogP contribution in [-0.2, 0) is 0 Å². The van der Waals surface area contributed by atoms with E-state index in [1.54, 1.807) is 12.1 Å². The van der Waals surface area contributed by atoms with Gasteiger partial charge in [0.15, 0.2) is 5.82 Å². The molecule has 3 N–H and O–H groups in total. The largest absolute Gasteiger partial charge is 0.507 e. The summed E-state index contributed by atoms with van der Waals surface area (Å²) in [6.07, 6.45) is 1.42. The molecule has 0 atom stereocenters. The number of aromatic amines is 1. The summed E-state index contributed by atoms with van der Waals surface area (Å²) in [5.41, 5.74) is 0.224. The highest BCUT2D eigenvalue weighted by Gasteiger charge is 2.05. The molecule has 0 radical (unpaired) electrons. The molecule has 0 spiro atoms. The maximum absolute atomic E-state index is 11.1. The molecule has 0 saturated carbocycles. The van der Waals surface area contributed by atoms with Crippen molar-refractivity contribution in [3.8, 4) is 5.75 Å². The van der Waals surface area contributed by atoms with Gasteiger partial charge in [-0.15, -0.1) is 0 Å². The van der Waals surface area contributed by atoms with Gasteiger partial charge in [0.05, 0.1) is 6.20 Å². The number of benzene rings is 2. The zero-order valence-corrected chi connectivity index (χ0v) is 9.79. The molecule has 3 rings (SSSR count). The Morgan fingerprint density at radius 2 is 1.89 bits per heavy atom. The summed E-state index contributed by atoms with van der Waals surface area (Å²) in [5, 5.41) is 20.2. The summed E-state index contributed by atoms with van der Waals surface area (Å²) in [6.45, 7) is 0. The number of aromatic hydroxyl groups is 1. The standard InChI is InChI=1S/C13H10N4O2/c18-11-6-2-3-8-9(11)4-1-5-10(8)15-12-7-14-17-13(19)16-12/h1-7,18H,(H2,15,16,17,19). The fourth-order valence-corrected chi connectivity index (χ4v) is 1.91. The molecule has 6 heteroatoms.